The van der Waals surface area contributed by atoms with Crippen molar-refractivity contribution in [3.05, 3.63) is 52.0 Å². The lowest BCUT2D eigenvalue weighted by Gasteiger charge is -2.28. The molecule has 0 aromatic heterocycles. The minimum absolute atomic E-state index is 0.0492. The quantitative estimate of drug-likeness (QED) is 0.189. The molecule has 7 nitrogen and oxygen atoms in total. The van der Waals surface area contributed by atoms with Gasteiger partial charge in [-0.05, 0) is 35.6 Å². The summed E-state index contributed by atoms with van der Waals surface area (Å²) in [5, 5.41) is 11.1. The van der Waals surface area contributed by atoms with Crippen LogP contribution in [0, 0.1) is 11.3 Å². The second-order valence-corrected chi connectivity index (χ2v) is 6.67. The van der Waals surface area contributed by atoms with Crippen molar-refractivity contribution in [1.29, 1.82) is 5.41 Å². The van der Waals surface area contributed by atoms with E-state index in [0.29, 0.717) is 23.0 Å². The first-order chi connectivity index (χ1) is 13.0. The number of hydrogen-bond acceptors (Lipinski definition) is 5. The summed E-state index contributed by atoms with van der Waals surface area (Å²) in [4.78, 5) is 15.3. The number of nitrogens with zero attached hydrogens (tertiary/aromatic N) is 1. The highest BCUT2D eigenvalue weighted by Gasteiger charge is 2.24. The largest absolute Gasteiger partial charge is 0.463 e. The van der Waals surface area contributed by atoms with Crippen LogP contribution in [0.1, 0.15) is 12.0 Å². The van der Waals surface area contributed by atoms with E-state index in [1.54, 1.807) is 12.1 Å². The Morgan fingerprint density at radius 1 is 1.52 bits per heavy atom. The standard InChI is InChI=1S/C18H21Cl2N5O2/c1-27-18(26)17(24-10-21)23-9-16(25-22)12-4-2-3-11(7-12)14-6-5-13(19)8-15(14)20/h2-6,8,10,12,16,25H,7,9,22H2,1H3,(H2,21,23,24). The molecule has 0 heterocycles. The molecule has 2 atom stereocenters. The van der Waals surface area contributed by atoms with Crippen molar-refractivity contribution in [2.45, 2.75) is 12.5 Å². The van der Waals surface area contributed by atoms with E-state index in [4.69, 9.17) is 34.5 Å². The number of hydrogen-bond donors (Lipinski definition) is 4. The van der Waals surface area contributed by atoms with Crippen LogP contribution in [0.4, 0.5) is 0 Å². The highest BCUT2D eigenvalue weighted by atomic mass is 35.5. The lowest BCUT2D eigenvalue weighted by atomic mass is 9.85. The molecule has 0 saturated heterocycles. The Kier molecular flexibility index (Phi) is 7.99. The maximum atomic E-state index is 11.7. The van der Waals surface area contributed by atoms with E-state index in [1.807, 2.05) is 24.3 Å². The number of ether oxygens (including phenoxy) is 1. The van der Waals surface area contributed by atoms with Crippen molar-refractivity contribution >= 4 is 46.9 Å². The van der Waals surface area contributed by atoms with Crippen LogP contribution in [-0.4, -0.2) is 37.8 Å². The van der Waals surface area contributed by atoms with E-state index in [1.165, 1.54) is 7.11 Å². The zero-order chi connectivity index (χ0) is 19.8. The Labute approximate surface area is 167 Å². The number of carbonyl (C=O) groups excluding carboxylic acids is 1. The molecule has 0 fully saturated rings. The average molecular weight is 410 g/mol. The number of rotatable bonds is 6. The fraction of sp³-hybridized carbons (Fsp3) is 0.278. The van der Waals surface area contributed by atoms with Gasteiger partial charge in [0.2, 0.25) is 5.84 Å². The smallest absolute Gasteiger partial charge is 0.373 e. The summed E-state index contributed by atoms with van der Waals surface area (Å²) in [6.07, 6.45) is 7.46. The van der Waals surface area contributed by atoms with Crippen LogP contribution in [0.5, 0.6) is 0 Å². The zero-order valence-corrected chi connectivity index (χ0v) is 16.2. The third kappa shape index (κ3) is 5.64. The number of carbonyl (C=O) groups is 1. The first-order valence-electron chi connectivity index (χ1n) is 8.18. The molecule has 1 aromatic rings. The lowest BCUT2D eigenvalue weighted by Crippen LogP contribution is -2.49. The minimum Gasteiger partial charge on any atom is -0.463 e. The predicted octanol–water partition coefficient (Wildman–Crippen LogP) is 2.55. The Morgan fingerprint density at radius 2 is 2.30 bits per heavy atom. The van der Waals surface area contributed by atoms with Crippen LogP contribution < -0.4 is 16.6 Å². The number of esters is 1. The van der Waals surface area contributed by atoms with Gasteiger partial charge < -0.3 is 10.1 Å². The third-order valence-corrected chi connectivity index (χ3v) is 4.73. The van der Waals surface area contributed by atoms with E-state index in [2.05, 4.69) is 20.5 Å². The van der Waals surface area contributed by atoms with Crippen LogP contribution in [-0.2, 0) is 9.53 Å². The van der Waals surface area contributed by atoms with Gasteiger partial charge in [-0.3, -0.25) is 16.7 Å². The molecule has 0 bridgehead atoms. The van der Waals surface area contributed by atoms with Crippen molar-refractivity contribution in [1.82, 2.24) is 10.7 Å². The summed E-state index contributed by atoms with van der Waals surface area (Å²) >= 11 is 12.3. The zero-order valence-electron chi connectivity index (χ0n) is 14.7. The summed E-state index contributed by atoms with van der Waals surface area (Å²) in [5.41, 5.74) is 4.74. The molecule has 0 aliphatic heterocycles. The third-order valence-electron chi connectivity index (χ3n) is 4.18. The Morgan fingerprint density at radius 3 is 2.93 bits per heavy atom. The first kappa shape index (κ1) is 21.1. The lowest BCUT2D eigenvalue weighted by molar-refractivity contribution is -0.132. The number of nitrogens with two attached hydrogens (primary N) is 1. The molecule has 2 unspecified atom stereocenters. The van der Waals surface area contributed by atoms with E-state index in [-0.39, 0.29) is 17.8 Å². The van der Waals surface area contributed by atoms with Gasteiger partial charge in [0.05, 0.1) is 7.11 Å². The van der Waals surface area contributed by atoms with Crippen LogP contribution in [0.3, 0.4) is 0 Å². The molecule has 27 heavy (non-hydrogen) atoms. The minimum atomic E-state index is -0.651. The molecule has 1 aromatic carbocycles. The molecule has 9 heteroatoms. The van der Waals surface area contributed by atoms with Gasteiger partial charge in [-0.1, -0.05) is 47.5 Å². The molecular weight excluding hydrogens is 389 g/mol. The molecule has 0 spiro atoms. The Hall–Kier alpha value is -2.19. The van der Waals surface area contributed by atoms with Crippen molar-refractivity contribution in [2.75, 3.05) is 13.7 Å². The molecule has 0 amide bonds. The number of allylic oxidation sites excluding steroid dienone is 3. The van der Waals surface area contributed by atoms with Crippen molar-refractivity contribution < 1.29 is 9.53 Å². The summed E-state index contributed by atoms with van der Waals surface area (Å²) in [6.45, 7) is 0.314. The van der Waals surface area contributed by atoms with Crippen LogP contribution in [0.15, 0.2) is 41.4 Å². The Bertz CT molecular complexity index is 792. The van der Waals surface area contributed by atoms with Gasteiger partial charge in [0.15, 0.2) is 0 Å². The summed E-state index contributed by atoms with van der Waals surface area (Å²) < 4.78 is 4.64. The van der Waals surface area contributed by atoms with Crippen LogP contribution in [0.25, 0.3) is 5.57 Å². The summed E-state index contributed by atoms with van der Waals surface area (Å²) in [5.74, 6) is 5.06. The van der Waals surface area contributed by atoms with Gasteiger partial charge in [-0.2, -0.15) is 0 Å². The number of amidine groups is 1. The number of halogens is 2. The number of hydrazine groups is 1. The summed E-state index contributed by atoms with van der Waals surface area (Å²) in [6, 6.07) is 5.20. The van der Waals surface area contributed by atoms with Crippen LogP contribution in [0.2, 0.25) is 10.0 Å². The van der Waals surface area contributed by atoms with E-state index >= 15 is 0 Å². The SMILES string of the molecule is COC(=O)/C(=N/C=N)NCC(NN)C1C=CC=C(c2ccc(Cl)cc2Cl)C1. The second-order valence-electron chi connectivity index (χ2n) is 5.82. The maximum absolute atomic E-state index is 11.7. The first-order valence-corrected chi connectivity index (χ1v) is 8.93. The molecule has 0 saturated carbocycles. The Balaban J connectivity index is 2.09. The van der Waals surface area contributed by atoms with E-state index in [9.17, 15) is 4.79 Å². The highest BCUT2D eigenvalue weighted by molar-refractivity contribution is 6.36. The molecule has 1 aliphatic carbocycles. The van der Waals surface area contributed by atoms with Gasteiger partial charge in [-0.25, -0.2) is 9.79 Å². The molecular formula is C18H21Cl2N5O2. The molecule has 5 N–H and O–H groups in total. The van der Waals surface area contributed by atoms with Gasteiger partial charge >= 0.3 is 5.97 Å². The molecule has 144 valence electrons. The van der Waals surface area contributed by atoms with Gasteiger partial charge in [0.25, 0.3) is 0 Å². The predicted molar refractivity (Wildman–Crippen MR) is 109 cm³/mol. The number of aliphatic imine (C=N–C) groups is 1. The average Bonchev–Trinajstić information content (AvgIpc) is 2.67. The number of methoxy groups -OCH3 is 1. The molecule has 2 rings (SSSR count). The van der Waals surface area contributed by atoms with Gasteiger partial charge in [0.1, 0.15) is 6.34 Å². The number of nitrogens with one attached hydrogen (secondary N) is 3. The van der Waals surface area contributed by atoms with Gasteiger partial charge in [-0.15, -0.1) is 0 Å². The topological polar surface area (TPSA) is 113 Å². The normalized spacial score (nSPS) is 17.9. The molecule has 1 aliphatic rings. The highest BCUT2D eigenvalue weighted by Crippen LogP contribution is 2.34. The fourth-order valence-corrected chi connectivity index (χ4v) is 3.33. The van der Waals surface area contributed by atoms with E-state index < -0.39 is 5.97 Å². The monoisotopic (exact) mass is 409 g/mol. The van der Waals surface area contributed by atoms with Crippen molar-refractivity contribution in [2.24, 2.45) is 16.8 Å². The molecule has 0 radical (unpaired) electrons. The van der Waals surface area contributed by atoms with E-state index in [0.717, 1.165) is 17.5 Å². The van der Waals surface area contributed by atoms with Crippen LogP contribution >= 0.6 is 23.2 Å². The van der Waals surface area contributed by atoms with Crippen molar-refractivity contribution in [3.63, 3.8) is 0 Å². The van der Waals surface area contributed by atoms with Crippen molar-refractivity contribution in [3.8, 4) is 0 Å². The summed E-state index contributed by atoms with van der Waals surface area (Å²) in [7, 11) is 1.25. The van der Waals surface area contributed by atoms with Gasteiger partial charge in [0, 0.05) is 22.6 Å². The number of benzene rings is 1. The second kappa shape index (κ2) is 10.2. The maximum Gasteiger partial charge on any atom is 0.373 e. The fourth-order valence-electron chi connectivity index (χ4n) is 2.80.